The Morgan fingerprint density at radius 3 is 2.50 bits per heavy atom. The Morgan fingerprint density at radius 2 is 2.08 bits per heavy atom. The third-order valence-electron chi connectivity index (χ3n) is 1.91. The van der Waals surface area contributed by atoms with Crippen LogP contribution in [0, 0.1) is 0 Å². The predicted octanol–water partition coefficient (Wildman–Crippen LogP) is 2.09. The molecule has 0 aromatic carbocycles. The van der Waals surface area contributed by atoms with Crippen LogP contribution in [0.2, 0.25) is 0 Å². The SMILES string of the molecule is CN[C@@H](C)c1ccc(N(C)C)s1. The van der Waals surface area contributed by atoms with Gasteiger partial charge in [-0.3, -0.25) is 0 Å². The van der Waals surface area contributed by atoms with Crippen LogP contribution in [0.4, 0.5) is 5.00 Å². The lowest BCUT2D eigenvalue weighted by atomic mass is 10.3. The van der Waals surface area contributed by atoms with Crippen LogP contribution in [0.1, 0.15) is 17.8 Å². The molecule has 0 saturated heterocycles. The van der Waals surface area contributed by atoms with Crippen LogP contribution in [0.3, 0.4) is 0 Å². The highest BCUT2D eigenvalue weighted by Crippen LogP contribution is 2.28. The predicted molar refractivity (Wildman–Crippen MR) is 56.1 cm³/mol. The molecule has 0 bridgehead atoms. The Kier molecular flexibility index (Phi) is 3.12. The highest BCUT2D eigenvalue weighted by Gasteiger charge is 2.06. The van der Waals surface area contributed by atoms with Gasteiger partial charge in [-0.2, -0.15) is 0 Å². The normalized spacial score (nSPS) is 13.0. The van der Waals surface area contributed by atoms with Gasteiger partial charge in [0.15, 0.2) is 0 Å². The summed E-state index contributed by atoms with van der Waals surface area (Å²) in [6.07, 6.45) is 0. The standard InChI is InChI=1S/C9H16N2S/c1-7(10-2)8-5-6-9(12-8)11(3)4/h5-7,10H,1-4H3/t7-/m0/s1. The number of thiophene rings is 1. The van der Waals surface area contributed by atoms with Gasteiger partial charge in [-0.05, 0) is 26.1 Å². The van der Waals surface area contributed by atoms with Crippen molar-refractivity contribution in [2.24, 2.45) is 0 Å². The molecule has 0 saturated carbocycles. The second kappa shape index (κ2) is 3.92. The maximum absolute atomic E-state index is 3.23. The van der Waals surface area contributed by atoms with Gasteiger partial charge in [0, 0.05) is 25.0 Å². The number of hydrogen-bond donors (Lipinski definition) is 1. The Bertz CT molecular complexity index is 242. The van der Waals surface area contributed by atoms with Gasteiger partial charge in [0.25, 0.3) is 0 Å². The monoisotopic (exact) mass is 184 g/mol. The molecular weight excluding hydrogens is 168 g/mol. The minimum atomic E-state index is 0.462. The highest BCUT2D eigenvalue weighted by atomic mass is 32.1. The van der Waals surface area contributed by atoms with E-state index in [0.29, 0.717) is 6.04 Å². The number of hydrogen-bond acceptors (Lipinski definition) is 3. The van der Waals surface area contributed by atoms with Gasteiger partial charge >= 0.3 is 0 Å². The fourth-order valence-electron chi connectivity index (χ4n) is 0.958. The van der Waals surface area contributed by atoms with Crippen molar-refractivity contribution < 1.29 is 0 Å². The van der Waals surface area contributed by atoms with Gasteiger partial charge in [0.1, 0.15) is 0 Å². The summed E-state index contributed by atoms with van der Waals surface area (Å²) in [7, 11) is 6.12. The van der Waals surface area contributed by atoms with Gasteiger partial charge in [-0.25, -0.2) is 0 Å². The van der Waals surface area contributed by atoms with Crippen LogP contribution in [0.5, 0.6) is 0 Å². The highest BCUT2D eigenvalue weighted by molar-refractivity contribution is 7.16. The summed E-state index contributed by atoms with van der Waals surface area (Å²) in [5.41, 5.74) is 0. The first-order valence-corrected chi connectivity index (χ1v) is 4.91. The molecule has 1 aromatic heterocycles. The fraction of sp³-hybridized carbons (Fsp3) is 0.556. The van der Waals surface area contributed by atoms with Gasteiger partial charge < -0.3 is 10.2 Å². The molecule has 3 heteroatoms. The van der Waals surface area contributed by atoms with E-state index in [4.69, 9.17) is 0 Å². The van der Waals surface area contributed by atoms with E-state index in [0.717, 1.165) is 0 Å². The fourth-order valence-corrected chi connectivity index (χ4v) is 1.95. The van der Waals surface area contributed by atoms with Crippen molar-refractivity contribution in [1.82, 2.24) is 5.32 Å². The molecule has 0 aliphatic rings. The minimum absolute atomic E-state index is 0.462. The van der Waals surface area contributed by atoms with E-state index in [-0.39, 0.29) is 0 Å². The first kappa shape index (κ1) is 9.55. The van der Waals surface area contributed by atoms with Gasteiger partial charge in [0.2, 0.25) is 0 Å². The minimum Gasteiger partial charge on any atom is -0.370 e. The molecule has 1 N–H and O–H groups in total. The smallest absolute Gasteiger partial charge is 0.0906 e. The lowest BCUT2D eigenvalue weighted by molar-refractivity contribution is 0.664. The number of nitrogens with zero attached hydrogens (tertiary/aromatic N) is 1. The number of nitrogens with one attached hydrogen (secondary N) is 1. The molecule has 0 unspecified atom stereocenters. The molecule has 0 amide bonds. The Balaban J connectivity index is 2.77. The van der Waals surface area contributed by atoms with Crippen LogP contribution in [0.25, 0.3) is 0 Å². The van der Waals surface area contributed by atoms with E-state index < -0.39 is 0 Å². The maximum atomic E-state index is 3.23. The lowest BCUT2D eigenvalue weighted by Crippen LogP contribution is -2.10. The van der Waals surface area contributed by atoms with E-state index in [2.05, 4.69) is 43.4 Å². The Labute approximate surface area is 78.2 Å². The Morgan fingerprint density at radius 1 is 1.42 bits per heavy atom. The van der Waals surface area contributed by atoms with Crippen LogP contribution in [-0.2, 0) is 0 Å². The van der Waals surface area contributed by atoms with E-state index in [1.807, 2.05) is 18.4 Å². The second-order valence-corrected chi connectivity index (χ2v) is 4.17. The molecule has 2 nitrogen and oxygen atoms in total. The third-order valence-corrected chi connectivity index (χ3v) is 3.35. The largest absolute Gasteiger partial charge is 0.370 e. The number of anilines is 1. The molecule has 1 rings (SSSR count). The van der Waals surface area contributed by atoms with Crippen LogP contribution >= 0.6 is 11.3 Å². The van der Waals surface area contributed by atoms with E-state index in [9.17, 15) is 0 Å². The first-order chi connectivity index (χ1) is 5.65. The summed E-state index contributed by atoms with van der Waals surface area (Å²) in [6, 6.07) is 4.80. The summed E-state index contributed by atoms with van der Waals surface area (Å²) in [6.45, 7) is 2.17. The molecule has 1 atom stereocenters. The van der Waals surface area contributed by atoms with Crippen LogP contribution in [0.15, 0.2) is 12.1 Å². The molecule has 0 aliphatic heterocycles. The zero-order valence-corrected chi connectivity index (χ0v) is 8.90. The molecule has 1 aromatic rings. The summed E-state index contributed by atoms with van der Waals surface area (Å²) >= 11 is 1.84. The van der Waals surface area contributed by atoms with Crippen LogP contribution in [-0.4, -0.2) is 21.1 Å². The molecule has 68 valence electrons. The molecule has 0 spiro atoms. The lowest BCUT2D eigenvalue weighted by Gasteiger charge is -2.09. The summed E-state index contributed by atoms with van der Waals surface area (Å²) in [4.78, 5) is 3.53. The van der Waals surface area contributed by atoms with Gasteiger partial charge in [-0.15, -0.1) is 11.3 Å². The molecule has 0 fully saturated rings. The molecule has 1 heterocycles. The van der Waals surface area contributed by atoms with Crippen molar-refractivity contribution in [3.63, 3.8) is 0 Å². The molecule has 0 aliphatic carbocycles. The van der Waals surface area contributed by atoms with Crippen molar-refractivity contribution in [3.05, 3.63) is 17.0 Å². The van der Waals surface area contributed by atoms with Crippen molar-refractivity contribution in [3.8, 4) is 0 Å². The van der Waals surface area contributed by atoms with Crippen molar-refractivity contribution in [2.45, 2.75) is 13.0 Å². The van der Waals surface area contributed by atoms with E-state index in [1.165, 1.54) is 9.88 Å². The first-order valence-electron chi connectivity index (χ1n) is 4.09. The second-order valence-electron chi connectivity index (χ2n) is 3.08. The average molecular weight is 184 g/mol. The average Bonchev–Trinajstić information content (AvgIpc) is 2.51. The molecule has 0 radical (unpaired) electrons. The molecule has 12 heavy (non-hydrogen) atoms. The van der Waals surface area contributed by atoms with Crippen LogP contribution < -0.4 is 10.2 Å². The van der Waals surface area contributed by atoms with Crippen molar-refractivity contribution >= 4 is 16.3 Å². The number of rotatable bonds is 3. The molecular formula is C9H16N2S. The van der Waals surface area contributed by atoms with Crippen molar-refractivity contribution in [1.29, 1.82) is 0 Å². The van der Waals surface area contributed by atoms with E-state index in [1.54, 1.807) is 0 Å². The Hall–Kier alpha value is -0.540. The summed E-state index contributed by atoms with van der Waals surface area (Å²) in [5, 5.41) is 4.54. The maximum Gasteiger partial charge on any atom is 0.0906 e. The van der Waals surface area contributed by atoms with Gasteiger partial charge in [-0.1, -0.05) is 0 Å². The summed E-state index contributed by atoms with van der Waals surface area (Å²) in [5.74, 6) is 0. The third kappa shape index (κ3) is 1.99. The van der Waals surface area contributed by atoms with Crippen molar-refractivity contribution in [2.75, 3.05) is 26.0 Å². The van der Waals surface area contributed by atoms with Gasteiger partial charge in [0.05, 0.1) is 5.00 Å². The zero-order chi connectivity index (χ0) is 9.14. The zero-order valence-electron chi connectivity index (χ0n) is 8.09. The topological polar surface area (TPSA) is 15.3 Å². The van der Waals surface area contributed by atoms with E-state index >= 15 is 0 Å². The summed E-state index contributed by atoms with van der Waals surface area (Å²) < 4.78 is 0. The quantitative estimate of drug-likeness (QED) is 0.774.